The molecular weight excluding hydrogens is 676 g/mol. The summed E-state index contributed by atoms with van der Waals surface area (Å²) in [5.74, 6) is -0.998. The average Bonchev–Trinajstić information content (AvgIpc) is 3.11. The Kier molecular flexibility index (Phi) is 9.21. The minimum atomic E-state index is -1.86. The number of phenolic OH excluding ortho intramolecular Hbond substituents is 4. The van der Waals surface area contributed by atoms with Gasteiger partial charge in [-0.2, -0.15) is 0 Å². The summed E-state index contributed by atoms with van der Waals surface area (Å²) in [6.45, 7) is 0.918. The minimum Gasteiger partial charge on any atom is -0.508 e. The van der Waals surface area contributed by atoms with Crippen molar-refractivity contribution in [1.82, 2.24) is 0 Å². The van der Waals surface area contributed by atoms with Gasteiger partial charge >= 0.3 is 0 Å². The van der Waals surface area contributed by atoms with Gasteiger partial charge < -0.3 is 79.5 Å². The molecule has 11 unspecified atom stereocenters. The van der Waals surface area contributed by atoms with Gasteiger partial charge in [0, 0.05) is 23.3 Å². The maximum Gasteiger partial charge on any atom is 0.229 e. The molecule has 10 N–H and O–H groups in total. The average molecular weight is 713 g/mol. The van der Waals surface area contributed by atoms with E-state index in [4.69, 9.17) is 28.4 Å². The summed E-state index contributed by atoms with van der Waals surface area (Å²) in [5, 5.41) is 104. The molecule has 0 bridgehead atoms. The lowest BCUT2D eigenvalue weighted by Crippen LogP contribution is -2.61. The quantitative estimate of drug-likeness (QED) is 0.149. The molecule has 16 nitrogen and oxygen atoms in total. The maximum absolute atomic E-state index is 11.1. The molecule has 16 heteroatoms. The number of aliphatic hydroxyl groups is 6. The van der Waals surface area contributed by atoms with Gasteiger partial charge in [-0.1, -0.05) is 12.1 Å². The monoisotopic (exact) mass is 712 g/mol. The van der Waals surface area contributed by atoms with Crippen molar-refractivity contribution in [2.24, 2.45) is 0 Å². The fourth-order valence-corrected chi connectivity index (χ4v) is 6.30. The van der Waals surface area contributed by atoms with Crippen LogP contribution in [-0.2, 0) is 18.9 Å². The normalized spacial score (nSPS) is 33.1. The highest BCUT2D eigenvalue weighted by Gasteiger charge is 2.48. The summed E-state index contributed by atoms with van der Waals surface area (Å²) in [7, 11) is 0. The Balaban J connectivity index is 1.27. The van der Waals surface area contributed by atoms with Crippen LogP contribution in [0.1, 0.15) is 29.7 Å². The van der Waals surface area contributed by atoms with Crippen molar-refractivity contribution in [1.29, 1.82) is 0 Å². The largest absolute Gasteiger partial charge is 0.508 e. The predicted molar refractivity (Wildman–Crippen MR) is 171 cm³/mol. The molecule has 3 aromatic rings. The molecular formula is C35H36O16. The third-order valence-electron chi connectivity index (χ3n) is 9.15. The van der Waals surface area contributed by atoms with E-state index in [0.717, 1.165) is 0 Å². The van der Waals surface area contributed by atoms with Gasteiger partial charge in [0.05, 0.1) is 18.3 Å². The molecule has 0 aliphatic carbocycles. The third-order valence-corrected chi connectivity index (χ3v) is 9.15. The van der Waals surface area contributed by atoms with Crippen LogP contribution in [0.15, 0.2) is 66.4 Å². The van der Waals surface area contributed by atoms with Crippen molar-refractivity contribution < 1.29 is 79.5 Å². The second-order valence-corrected chi connectivity index (χ2v) is 12.6. The molecule has 4 aliphatic heterocycles. The lowest BCUT2D eigenvalue weighted by atomic mass is 9.91. The van der Waals surface area contributed by atoms with Gasteiger partial charge in [0.15, 0.2) is 29.3 Å². The van der Waals surface area contributed by atoms with E-state index in [0.29, 0.717) is 16.7 Å². The van der Waals surface area contributed by atoms with E-state index >= 15 is 0 Å². The van der Waals surface area contributed by atoms with Crippen molar-refractivity contribution in [3.05, 3.63) is 83.1 Å². The molecule has 0 saturated carbocycles. The molecule has 11 atom stereocenters. The number of aromatic hydroxyl groups is 4. The summed E-state index contributed by atoms with van der Waals surface area (Å²) >= 11 is 0. The van der Waals surface area contributed by atoms with Gasteiger partial charge in [-0.05, 0) is 48.9 Å². The zero-order valence-corrected chi connectivity index (χ0v) is 26.8. The first-order valence-corrected chi connectivity index (χ1v) is 16.0. The number of aliphatic hydroxyl groups excluding tert-OH is 6. The van der Waals surface area contributed by atoms with Gasteiger partial charge in [0.25, 0.3) is 0 Å². The Morgan fingerprint density at radius 1 is 0.667 bits per heavy atom. The van der Waals surface area contributed by atoms with Crippen LogP contribution in [0.3, 0.4) is 0 Å². The molecule has 0 radical (unpaired) electrons. The van der Waals surface area contributed by atoms with Crippen LogP contribution in [0.25, 0.3) is 11.3 Å². The topological polar surface area (TPSA) is 258 Å². The molecule has 4 aliphatic rings. The van der Waals surface area contributed by atoms with Crippen LogP contribution in [0, 0.1) is 0 Å². The van der Waals surface area contributed by atoms with Crippen molar-refractivity contribution in [3.63, 3.8) is 0 Å². The van der Waals surface area contributed by atoms with Gasteiger partial charge in [0.1, 0.15) is 71.8 Å². The third kappa shape index (κ3) is 6.41. The Morgan fingerprint density at radius 3 is 2.08 bits per heavy atom. The summed E-state index contributed by atoms with van der Waals surface area (Å²) in [6.07, 6.45) is -14.7. The fraction of sp³-hybridized carbons (Fsp3) is 0.371. The van der Waals surface area contributed by atoms with E-state index in [-0.39, 0.29) is 40.1 Å². The smallest absolute Gasteiger partial charge is 0.229 e. The molecule has 2 saturated heterocycles. The summed E-state index contributed by atoms with van der Waals surface area (Å²) in [4.78, 5) is 0. The van der Waals surface area contributed by atoms with E-state index < -0.39 is 85.6 Å². The van der Waals surface area contributed by atoms with E-state index in [1.807, 2.05) is 0 Å². The first-order chi connectivity index (χ1) is 24.3. The minimum absolute atomic E-state index is 0.0162. The first kappa shape index (κ1) is 34.8. The number of rotatable bonds is 7. The molecule has 4 heterocycles. The highest BCUT2D eigenvalue weighted by atomic mass is 16.7. The van der Waals surface area contributed by atoms with Gasteiger partial charge in [-0.15, -0.1) is 0 Å². The zero-order valence-electron chi connectivity index (χ0n) is 26.8. The van der Waals surface area contributed by atoms with Crippen LogP contribution < -0.4 is 9.47 Å². The lowest BCUT2D eigenvalue weighted by Gasteiger charge is -2.43. The van der Waals surface area contributed by atoms with E-state index in [1.54, 1.807) is 18.2 Å². The highest BCUT2D eigenvalue weighted by Crippen LogP contribution is 2.53. The zero-order chi connectivity index (χ0) is 36.3. The Labute approximate surface area is 289 Å². The highest BCUT2D eigenvalue weighted by molar-refractivity contribution is 5.95. The molecule has 272 valence electrons. The van der Waals surface area contributed by atoms with Crippen LogP contribution in [0.5, 0.6) is 34.5 Å². The molecule has 2 fully saturated rings. The molecule has 51 heavy (non-hydrogen) atoms. The van der Waals surface area contributed by atoms with Gasteiger partial charge in [0.2, 0.25) is 6.29 Å². The number of phenols is 4. The van der Waals surface area contributed by atoms with Crippen molar-refractivity contribution in [3.8, 4) is 34.5 Å². The van der Waals surface area contributed by atoms with Crippen LogP contribution >= 0.6 is 0 Å². The number of allylic oxidation sites excluding steroid dienone is 1. The van der Waals surface area contributed by atoms with Crippen LogP contribution in [0.2, 0.25) is 0 Å². The predicted octanol–water partition coefficient (Wildman–Crippen LogP) is 0.456. The second kappa shape index (κ2) is 13.5. The van der Waals surface area contributed by atoms with E-state index in [2.05, 4.69) is 0 Å². The summed E-state index contributed by atoms with van der Waals surface area (Å²) in [5.41, 5.74) is 1.40. The van der Waals surface area contributed by atoms with Crippen LogP contribution in [0.4, 0.5) is 0 Å². The van der Waals surface area contributed by atoms with Gasteiger partial charge in [-0.25, -0.2) is 0 Å². The Hall–Kier alpha value is -4.62. The Bertz CT molecular complexity index is 1840. The Morgan fingerprint density at radius 2 is 1.35 bits per heavy atom. The lowest BCUT2D eigenvalue weighted by molar-refractivity contribution is -0.323. The first-order valence-electron chi connectivity index (χ1n) is 16.0. The van der Waals surface area contributed by atoms with Crippen molar-refractivity contribution >= 4 is 11.3 Å². The molecule has 0 amide bonds. The number of hydrogen-bond acceptors (Lipinski definition) is 16. The number of hydrogen-bond donors (Lipinski definition) is 10. The number of benzene rings is 3. The molecule has 3 aromatic carbocycles. The summed E-state index contributed by atoms with van der Waals surface area (Å²) in [6, 6.07) is 12.7. The molecule has 7 rings (SSSR count). The standard InChI is InChI=1S/C35H36O16/c1-13-26(40)28(42)30(44)34(47-13)46-12-24-27(41)29(43)31(45)35(50-24)51-33-18-11-21(14-2-5-16(36)6-3-14)48-22-9-17(37)10-23(25(18)22)49-32(33)15-4-7-19(38)20(39)8-15/h2-11,13,21,24,26-31,34-45H,12H2,1H3. The summed E-state index contributed by atoms with van der Waals surface area (Å²) < 4.78 is 35.7. The van der Waals surface area contributed by atoms with Crippen molar-refractivity contribution in [2.75, 3.05) is 6.61 Å². The molecule has 0 spiro atoms. The molecule has 0 aromatic heterocycles. The fourth-order valence-electron chi connectivity index (χ4n) is 6.30. The van der Waals surface area contributed by atoms with E-state index in [9.17, 15) is 51.1 Å². The van der Waals surface area contributed by atoms with Gasteiger partial charge in [-0.3, -0.25) is 0 Å². The van der Waals surface area contributed by atoms with Crippen molar-refractivity contribution in [2.45, 2.75) is 74.4 Å². The number of ether oxygens (including phenoxy) is 6. The second-order valence-electron chi connectivity index (χ2n) is 12.6. The van der Waals surface area contributed by atoms with Crippen LogP contribution in [-0.4, -0.2) is 119 Å². The SMILES string of the molecule is CC1OC(OCC2OC(OC3=C(c4ccc(O)c(O)c4)Oc4cc(O)cc5c4C3=CC(c3ccc(O)cc3)O5)C(O)C(O)C2O)C(O)C(O)C1O. The maximum atomic E-state index is 11.1. The van der Waals surface area contributed by atoms with E-state index in [1.165, 1.54) is 49.4 Å².